The summed E-state index contributed by atoms with van der Waals surface area (Å²) in [6.45, 7) is 6.75. The molecule has 0 bridgehead atoms. The van der Waals surface area contributed by atoms with Crippen molar-refractivity contribution in [2.24, 2.45) is 5.92 Å². The molecular weight excluding hydrogens is 431 g/mol. The van der Waals surface area contributed by atoms with Crippen molar-refractivity contribution >= 4 is 23.4 Å². The standard InChI is InChI=1S/C23H27FN4O3S/c1-15(2)13-28-22(16(3)31-20-12-8-7-11-19(20)30-4)26-27-23(28)32-14-21(29)25-18-10-6-5-9-17(18)24/h5-12,15-16H,13-14H2,1-4H3,(H,25,29). The number of para-hydroxylation sites is 3. The molecule has 9 heteroatoms. The minimum atomic E-state index is -0.474. The molecule has 0 spiro atoms. The number of hydrogen-bond donors (Lipinski definition) is 1. The lowest BCUT2D eigenvalue weighted by atomic mass is 10.2. The molecule has 1 N–H and O–H groups in total. The highest BCUT2D eigenvalue weighted by Gasteiger charge is 2.22. The van der Waals surface area contributed by atoms with Gasteiger partial charge in [-0.1, -0.05) is 49.9 Å². The third kappa shape index (κ3) is 6.00. The average molecular weight is 459 g/mol. The van der Waals surface area contributed by atoms with E-state index in [1.165, 1.54) is 23.9 Å². The number of hydrogen-bond acceptors (Lipinski definition) is 6. The van der Waals surface area contributed by atoms with Crippen LogP contribution in [0.25, 0.3) is 0 Å². The fourth-order valence-electron chi connectivity index (χ4n) is 3.08. The van der Waals surface area contributed by atoms with Gasteiger partial charge in [0.2, 0.25) is 5.91 Å². The van der Waals surface area contributed by atoms with Gasteiger partial charge in [-0.05, 0) is 37.1 Å². The lowest BCUT2D eigenvalue weighted by Gasteiger charge is -2.19. The summed E-state index contributed by atoms with van der Waals surface area (Å²) in [6.07, 6.45) is -0.390. The topological polar surface area (TPSA) is 78.3 Å². The first-order valence-electron chi connectivity index (χ1n) is 10.3. The van der Waals surface area contributed by atoms with Crippen molar-refractivity contribution in [2.75, 3.05) is 18.2 Å². The highest BCUT2D eigenvalue weighted by molar-refractivity contribution is 7.99. The van der Waals surface area contributed by atoms with Crippen LogP contribution in [-0.4, -0.2) is 33.5 Å². The van der Waals surface area contributed by atoms with Crippen LogP contribution in [0.2, 0.25) is 0 Å². The van der Waals surface area contributed by atoms with Crippen LogP contribution in [0.5, 0.6) is 11.5 Å². The average Bonchev–Trinajstić information content (AvgIpc) is 3.16. The molecule has 1 heterocycles. The molecule has 1 unspecified atom stereocenters. The van der Waals surface area contributed by atoms with Crippen LogP contribution in [0.15, 0.2) is 53.7 Å². The first-order valence-corrected chi connectivity index (χ1v) is 11.3. The second-order valence-corrected chi connectivity index (χ2v) is 8.52. The fourth-order valence-corrected chi connectivity index (χ4v) is 3.84. The molecule has 3 aromatic rings. The molecule has 0 saturated heterocycles. The van der Waals surface area contributed by atoms with Crippen molar-refractivity contribution in [1.29, 1.82) is 0 Å². The number of methoxy groups -OCH3 is 1. The lowest BCUT2D eigenvalue weighted by Crippen LogP contribution is -2.17. The monoisotopic (exact) mass is 458 g/mol. The number of nitrogens with one attached hydrogen (secondary N) is 1. The summed E-state index contributed by atoms with van der Waals surface area (Å²) >= 11 is 1.25. The molecule has 0 aliphatic heterocycles. The number of thioether (sulfide) groups is 1. The highest BCUT2D eigenvalue weighted by Crippen LogP contribution is 2.31. The van der Waals surface area contributed by atoms with E-state index in [9.17, 15) is 9.18 Å². The summed E-state index contributed by atoms with van der Waals surface area (Å²) in [5.74, 6) is 1.51. The quantitative estimate of drug-likeness (QED) is 0.433. The Kier molecular flexibility index (Phi) is 8.10. The number of anilines is 1. The van der Waals surface area contributed by atoms with Crippen molar-refractivity contribution in [2.45, 2.75) is 38.6 Å². The maximum absolute atomic E-state index is 13.8. The summed E-state index contributed by atoms with van der Waals surface area (Å²) in [5, 5.41) is 11.8. The molecule has 3 rings (SSSR count). The third-order valence-corrected chi connectivity index (χ3v) is 5.48. The van der Waals surface area contributed by atoms with Crippen LogP contribution < -0.4 is 14.8 Å². The van der Waals surface area contributed by atoms with Crippen LogP contribution in [0, 0.1) is 11.7 Å². The number of rotatable bonds is 10. The van der Waals surface area contributed by atoms with Gasteiger partial charge in [-0.2, -0.15) is 0 Å². The van der Waals surface area contributed by atoms with Crippen LogP contribution in [0.4, 0.5) is 10.1 Å². The maximum Gasteiger partial charge on any atom is 0.234 e. The molecule has 7 nitrogen and oxygen atoms in total. The van der Waals surface area contributed by atoms with Crippen molar-refractivity contribution < 1.29 is 18.7 Å². The van der Waals surface area contributed by atoms with Crippen molar-refractivity contribution in [3.8, 4) is 11.5 Å². The highest BCUT2D eigenvalue weighted by atomic mass is 32.2. The Morgan fingerprint density at radius 1 is 1.09 bits per heavy atom. The number of benzene rings is 2. The number of aromatic nitrogens is 3. The number of carbonyl (C=O) groups is 1. The summed E-state index contributed by atoms with van der Waals surface area (Å²) < 4.78 is 27.2. The zero-order chi connectivity index (χ0) is 23.1. The molecule has 0 aliphatic carbocycles. The Labute approximate surface area is 191 Å². The number of halogens is 1. The predicted octanol–water partition coefficient (Wildman–Crippen LogP) is 4.95. The molecule has 170 valence electrons. The van der Waals surface area contributed by atoms with E-state index in [2.05, 4.69) is 29.4 Å². The number of carbonyl (C=O) groups excluding carboxylic acids is 1. The molecule has 1 amide bonds. The SMILES string of the molecule is COc1ccccc1OC(C)c1nnc(SCC(=O)Nc2ccccc2F)n1CC(C)C. The molecule has 0 radical (unpaired) electrons. The lowest BCUT2D eigenvalue weighted by molar-refractivity contribution is -0.113. The maximum atomic E-state index is 13.8. The van der Waals surface area contributed by atoms with Gasteiger partial charge in [0.05, 0.1) is 18.6 Å². The van der Waals surface area contributed by atoms with E-state index in [0.717, 1.165) is 0 Å². The van der Waals surface area contributed by atoms with Gasteiger partial charge in [0, 0.05) is 6.54 Å². The first-order chi connectivity index (χ1) is 15.4. The van der Waals surface area contributed by atoms with Gasteiger partial charge < -0.3 is 19.4 Å². The predicted molar refractivity (Wildman–Crippen MR) is 123 cm³/mol. The molecule has 0 aliphatic rings. The second-order valence-electron chi connectivity index (χ2n) is 7.57. The van der Waals surface area contributed by atoms with E-state index >= 15 is 0 Å². The molecule has 0 saturated carbocycles. The smallest absolute Gasteiger partial charge is 0.234 e. The van der Waals surface area contributed by atoms with Crippen LogP contribution in [0.3, 0.4) is 0 Å². The van der Waals surface area contributed by atoms with E-state index < -0.39 is 5.82 Å². The van der Waals surface area contributed by atoms with Gasteiger partial charge in [-0.15, -0.1) is 10.2 Å². The van der Waals surface area contributed by atoms with Gasteiger partial charge in [-0.3, -0.25) is 4.79 Å². The van der Waals surface area contributed by atoms with E-state index in [0.29, 0.717) is 34.9 Å². The zero-order valence-corrected chi connectivity index (χ0v) is 19.4. The summed E-state index contributed by atoms with van der Waals surface area (Å²) in [6, 6.07) is 13.5. The number of amides is 1. The van der Waals surface area contributed by atoms with Gasteiger partial charge in [0.1, 0.15) is 5.82 Å². The Hall–Kier alpha value is -3.07. The molecule has 2 aromatic carbocycles. The Morgan fingerprint density at radius 3 is 2.47 bits per heavy atom. The fraction of sp³-hybridized carbons (Fsp3) is 0.348. The zero-order valence-electron chi connectivity index (χ0n) is 18.5. The van der Waals surface area contributed by atoms with E-state index in [1.54, 1.807) is 19.2 Å². The van der Waals surface area contributed by atoms with Crippen LogP contribution >= 0.6 is 11.8 Å². The Bertz CT molecular complexity index is 1060. The Morgan fingerprint density at radius 2 is 1.78 bits per heavy atom. The summed E-state index contributed by atoms with van der Waals surface area (Å²) in [7, 11) is 1.59. The normalized spacial score (nSPS) is 11.9. The molecule has 0 fully saturated rings. The van der Waals surface area contributed by atoms with E-state index in [-0.39, 0.29) is 23.5 Å². The second kappa shape index (κ2) is 11.0. The molecule has 32 heavy (non-hydrogen) atoms. The number of ether oxygens (including phenoxy) is 2. The summed E-state index contributed by atoms with van der Waals surface area (Å²) in [4.78, 5) is 12.3. The Balaban J connectivity index is 1.73. The van der Waals surface area contributed by atoms with Gasteiger partial charge in [0.15, 0.2) is 28.6 Å². The van der Waals surface area contributed by atoms with Gasteiger partial charge in [0.25, 0.3) is 0 Å². The van der Waals surface area contributed by atoms with E-state index in [1.807, 2.05) is 35.8 Å². The largest absolute Gasteiger partial charge is 0.493 e. The first kappa shape index (κ1) is 23.6. The minimum Gasteiger partial charge on any atom is -0.493 e. The van der Waals surface area contributed by atoms with Crippen molar-refractivity contribution in [3.05, 3.63) is 60.2 Å². The summed E-state index contributed by atoms with van der Waals surface area (Å²) in [5.41, 5.74) is 0.154. The van der Waals surface area contributed by atoms with Crippen LogP contribution in [0.1, 0.15) is 32.7 Å². The minimum absolute atomic E-state index is 0.0757. The molecular formula is C23H27FN4O3S. The van der Waals surface area contributed by atoms with E-state index in [4.69, 9.17) is 9.47 Å². The van der Waals surface area contributed by atoms with Gasteiger partial charge >= 0.3 is 0 Å². The number of nitrogens with zero attached hydrogens (tertiary/aromatic N) is 3. The van der Waals surface area contributed by atoms with Crippen molar-refractivity contribution in [3.63, 3.8) is 0 Å². The van der Waals surface area contributed by atoms with Crippen LogP contribution in [-0.2, 0) is 11.3 Å². The molecule has 1 atom stereocenters. The molecule has 1 aromatic heterocycles. The van der Waals surface area contributed by atoms with Crippen molar-refractivity contribution in [1.82, 2.24) is 14.8 Å². The third-order valence-electron chi connectivity index (χ3n) is 4.51. The van der Waals surface area contributed by atoms with Gasteiger partial charge in [-0.25, -0.2) is 4.39 Å².